The smallest absolute Gasteiger partial charge is 0.0113 e. The van der Waals surface area contributed by atoms with Gasteiger partial charge in [-0.1, -0.05) is 6.42 Å². The van der Waals surface area contributed by atoms with E-state index in [1.165, 1.54) is 51.6 Å². The Bertz CT molecular complexity index is 209. The van der Waals surface area contributed by atoms with Gasteiger partial charge in [0.1, 0.15) is 0 Å². The molecule has 2 aliphatic rings. The standard InChI is InChI=1S/C13H27N3/c1-15(2)12-6-8-16(9-7-12)13-5-3-4-11(14)10-13/h11-13H,3-10,14H2,1-2H3/t11-,13+/m0/s1. The molecule has 0 radical (unpaired) electrons. The van der Waals surface area contributed by atoms with E-state index >= 15 is 0 Å². The van der Waals surface area contributed by atoms with Gasteiger partial charge in [0, 0.05) is 18.1 Å². The molecule has 0 aromatic rings. The summed E-state index contributed by atoms with van der Waals surface area (Å²) in [4.78, 5) is 5.07. The first-order valence-corrected chi connectivity index (χ1v) is 6.83. The van der Waals surface area contributed by atoms with E-state index in [1.807, 2.05) is 0 Å². The number of nitrogens with zero attached hydrogens (tertiary/aromatic N) is 2. The number of hydrogen-bond donors (Lipinski definition) is 1. The van der Waals surface area contributed by atoms with Crippen LogP contribution in [-0.2, 0) is 0 Å². The molecule has 1 aliphatic carbocycles. The van der Waals surface area contributed by atoms with Crippen molar-refractivity contribution in [2.75, 3.05) is 27.2 Å². The molecule has 2 fully saturated rings. The Morgan fingerprint density at radius 1 is 1.06 bits per heavy atom. The zero-order valence-electron chi connectivity index (χ0n) is 10.9. The first-order valence-electron chi connectivity index (χ1n) is 6.83. The molecule has 2 rings (SSSR count). The highest BCUT2D eigenvalue weighted by molar-refractivity contribution is 4.86. The van der Waals surface area contributed by atoms with Crippen molar-refractivity contribution in [3.8, 4) is 0 Å². The third kappa shape index (κ3) is 2.96. The van der Waals surface area contributed by atoms with E-state index in [0.29, 0.717) is 6.04 Å². The van der Waals surface area contributed by atoms with E-state index in [4.69, 9.17) is 5.73 Å². The number of likely N-dealkylation sites (tertiary alicyclic amines) is 1. The molecular formula is C13H27N3. The lowest BCUT2D eigenvalue weighted by atomic mass is 9.89. The Morgan fingerprint density at radius 2 is 1.75 bits per heavy atom. The lowest BCUT2D eigenvalue weighted by Crippen LogP contribution is -2.49. The Balaban J connectivity index is 1.79. The van der Waals surface area contributed by atoms with Crippen LogP contribution in [0.5, 0.6) is 0 Å². The lowest BCUT2D eigenvalue weighted by molar-refractivity contribution is 0.0856. The minimum Gasteiger partial charge on any atom is -0.328 e. The Morgan fingerprint density at radius 3 is 2.31 bits per heavy atom. The summed E-state index contributed by atoms with van der Waals surface area (Å²) in [5, 5.41) is 0. The van der Waals surface area contributed by atoms with Crippen molar-refractivity contribution < 1.29 is 0 Å². The highest BCUT2D eigenvalue weighted by Crippen LogP contribution is 2.25. The maximum atomic E-state index is 6.07. The molecule has 0 unspecified atom stereocenters. The number of nitrogens with two attached hydrogens (primary N) is 1. The summed E-state index contributed by atoms with van der Waals surface area (Å²) in [5.74, 6) is 0. The van der Waals surface area contributed by atoms with Gasteiger partial charge in [0.15, 0.2) is 0 Å². The Hall–Kier alpha value is -0.120. The maximum absolute atomic E-state index is 6.07. The van der Waals surface area contributed by atoms with Crippen molar-refractivity contribution in [1.29, 1.82) is 0 Å². The summed E-state index contributed by atoms with van der Waals surface area (Å²) in [5.41, 5.74) is 6.07. The summed E-state index contributed by atoms with van der Waals surface area (Å²) >= 11 is 0. The zero-order chi connectivity index (χ0) is 11.5. The normalized spacial score (nSPS) is 34.5. The molecule has 2 N–H and O–H groups in total. The molecule has 0 bridgehead atoms. The molecule has 0 aromatic heterocycles. The summed E-state index contributed by atoms with van der Waals surface area (Å²) in [6.45, 7) is 2.56. The van der Waals surface area contributed by atoms with Gasteiger partial charge >= 0.3 is 0 Å². The zero-order valence-corrected chi connectivity index (χ0v) is 10.9. The molecule has 3 heteroatoms. The van der Waals surface area contributed by atoms with Crippen LogP contribution in [0.3, 0.4) is 0 Å². The minimum absolute atomic E-state index is 0.463. The monoisotopic (exact) mass is 225 g/mol. The fourth-order valence-corrected chi connectivity index (χ4v) is 3.30. The molecule has 0 amide bonds. The fraction of sp³-hybridized carbons (Fsp3) is 1.00. The third-order valence-corrected chi connectivity index (χ3v) is 4.43. The van der Waals surface area contributed by atoms with Gasteiger partial charge in [0.2, 0.25) is 0 Å². The van der Waals surface area contributed by atoms with Gasteiger partial charge < -0.3 is 15.5 Å². The Kier molecular flexibility index (Phi) is 4.22. The third-order valence-electron chi connectivity index (χ3n) is 4.43. The Labute approximate surface area is 100.0 Å². The van der Waals surface area contributed by atoms with Gasteiger partial charge in [0.25, 0.3) is 0 Å². The summed E-state index contributed by atoms with van der Waals surface area (Å²) in [6.07, 6.45) is 7.84. The van der Waals surface area contributed by atoms with Crippen LogP contribution >= 0.6 is 0 Å². The molecule has 1 saturated heterocycles. The van der Waals surface area contributed by atoms with Crippen LogP contribution in [0.4, 0.5) is 0 Å². The van der Waals surface area contributed by atoms with E-state index in [1.54, 1.807) is 0 Å². The number of hydrogen-bond acceptors (Lipinski definition) is 3. The SMILES string of the molecule is CN(C)C1CCN([C@@H]2CCC[C@H](N)C2)CC1. The molecule has 94 valence electrons. The highest BCUT2D eigenvalue weighted by atomic mass is 15.2. The van der Waals surface area contributed by atoms with Gasteiger partial charge in [-0.2, -0.15) is 0 Å². The molecule has 1 aliphatic heterocycles. The molecule has 16 heavy (non-hydrogen) atoms. The lowest BCUT2D eigenvalue weighted by Gasteiger charge is -2.42. The molecular weight excluding hydrogens is 198 g/mol. The number of piperidine rings is 1. The topological polar surface area (TPSA) is 32.5 Å². The molecule has 2 atom stereocenters. The van der Waals surface area contributed by atoms with E-state index in [9.17, 15) is 0 Å². The molecule has 1 saturated carbocycles. The van der Waals surface area contributed by atoms with Crippen molar-refractivity contribution >= 4 is 0 Å². The van der Waals surface area contributed by atoms with Crippen LogP contribution in [0.1, 0.15) is 38.5 Å². The van der Waals surface area contributed by atoms with E-state index in [0.717, 1.165) is 12.1 Å². The van der Waals surface area contributed by atoms with E-state index < -0.39 is 0 Å². The van der Waals surface area contributed by atoms with Crippen molar-refractivity contribution in [3.05, 3.63) is 0 Å². The summed E-state index contributed by atoms with van der Waals surface area (Å²) in [6, 6.07) is 2.05. The van der Waals surface area contributed by atoms with Gasteiger partial charge in [-0.15, -0.1) is 0 Å². The second kappa shape index (κ2) is 5.48. The predicted octanol–water partition coefficient (Wildman–Crippen LogP) is 1.28. The van der Waals surface area contributed by atoms with Crippen LogP contribution in [0.15, 0.2) is 0 Å². The first kappa shape index (κ1) is 12.3. The molecule has 0 spiro atoms. The van der Waals surface area contributed by atoms with Crippen molar-refractivity contribution in [3.63, 3.8) is 0 Å². The quantitative estimate of drug-likeness (QED) is 0.768. The molecule has 0 aromatic carbocycles. The first-order chi connectivity index (χ1) is 7.66. The molecule has 3 nitrogen and oxygen atoms in total. The van der Waals surface area contributed by atoms with Crippen LogP contribution in [0.25, 0.3) is 0 Å². The van der Waals surface area contributed by atoms with Gasteiger partial charge in [0.05, 0.1) is 0 Å². The molecule has 1 heterocycles. The fourth-order valence-electron chi connectivity index (χ4n) is 3.30. The summed E-state index contributed by atoms with van der Waals surface area (Å²) in [7, 11) is 4.41. The highest BCUT2D eigenvalue weighted by Gasteiger charge is 2.28. The maximum Gasteiger partial charge on any atom is 0.0113 e. The average molecular weight is 225 g/mol. The van der Waals surface area contributed by atoms with E-state index in [2.05, 4.69) is 23.9 Å². The minimum atomic E-state index is 0.463. The average Bonchev–Trinajstić information content (AvgIpc) is 2.29. The van der Waals surface area contributed by atoms with E-state index in [-0.39, 0.29) is 0 Å². The summed E-state index contributed by atoms with van der Waals surface area (Å²) < 4.78 is 0. The van der Waals surface area contributed by atoms with Crippen LogP contribution < -0.4 is 5.73 Å². The van der Waals surface area contributed by atoms with Gasteiger partial charge in [-0.05, 0) is 59.3 Å². The largest absolute Gasteiger partial charge is 0.328 e. The van der Waals surface area contributed by atoms with Gasteiger partial charge in [-0.3, -0.25) is 0 Å². The van der Waals surface area contributed by atoms with Crippen molar-refractivity contribution in [1.82, 2.24) is 9.80 Å². The van der Waals surface area contributed by atoms with Crippen LogP contribution in [0.2, 0.25) is 0 Å². The van der Waals surface area contributed by atoms with Crippen LogP contribution in [0, 0.1) is 0 Å². The van der Waals surface area contributed by atoms with Crippen molar-refractivity contribution in [2.45, 2.75) is 56.7 Å². The number of rotatable bonds is 2. The van der Waals surface area contributed by atoms with Crippen molar-refractivity contribution in [2.24, 2.45) is 5.73 Å². The second-order valence-electron chi connectivity index (χ2n) is 5.81. The van der Waals surface area contributed by atoms with Gasteiger partial charge in [-0.25, -0.2) is 0 Å². The predicted molar refractivity (Wildman–Crippen MR) is 68.5 cm³/mol. The second-order valence-corrected chi connectivity index (χ2v) is 5.81. The van der Waals surface area contributed by atoms with Crippen LogP contribution in [-0.4, -0.2) is 55.1 Å².